The average Bonchev–Trinajstić information content (AvgIpc) is 3.28. The molecule has 176 valence electrons. The number of aryl methyl sites for hydroxylation is 2. The maximum Gasteiger partial charge on any atom is 0.277 e. The first-order valence-electron chi connectivity index (χ1n) is 11.0. The van der Waals surface area contributed by atoms with Crippen LogP contribution in [0.15, 0.2) is 53.3 Å². The average molecular weight is 461 g/mol. The Balaban J connectivity index is 1.59. The highest BCUT2D eigenvalue weighted by Gasteiger charge is 2.17. The molecule has 0 aliphatic rings. The van der Waals surface area contributed by atoms with Crippen molar-refractivity contribution in [1.82, 2.24) is 14.2 Å². The number of carbonyl (C=O) groups is 1. The van der Waals surface area contributed by atoms with Crippen LogP contribution in [0.1, 0.15) is 23.2 Å². The molecule has 2 heterocycles. The number of benzene rings is 2. The predicted molar refractivity (Wildman–Crippen MR) is 132 cm³/mol. The molecule has 0 spiro atoms. The first kappa shape index (κ1) is 23.1. The lowest BCUT2D eigenvalue weighted by atomic mass is 10.1. The van der Waals surface area contributed by atoms with Gasteiger partial charge in [-0.15, -0.1) is 0 Å². The summed E-state index contributed by atoms with van der Waals surface area (Å²) in [5, 5.41) is 7.45. The summed E-state index contributed by atoms with van der Waals surface area (Å²) in [5.41, 5.74) is 5.25. The molecule has 4 rings (SSSR count). The van der Waals surface area contributed by atoms with Gasteiger partial charge in [-0.2, -0.15) is 9.61 Å². The number of rotatable bonds is 7. The number of nitrogens with one attached hydrogen (secondary N) is 1. The van der Waals surface area contributed by atoms with Crippen LogP contribution in [-0.4, -0.2) is 34.3 Å². The van der Waals surface area contributed by atoms with E-state index in [1.165, 1.54) is 4.52 Å². The highest BCUT2D eigenvalue weighted by Crippen LogP contribution is 2.26. The Kier molecular flexibility index (Phi) is 6.40. The Morgan fingerprint density at radius 1 is 1.03 bits per heavy atom. The van der Waals surface area contributed by atoms with Gasteiger partial charge in [0.15, 0.2) is 0 Å². The molecule has 0 atom stereocenters. The number of hydrogen-bond donors (Lipinski definition) is 1. The zero-order valence-electron chi connectivity index (χ0n) is 20.0. The Hall–Kier alpha value is -4.07. The van der Waals surface area contributed by atoms with Gasteiger partial charge in [-0.3, -0.25) is 9.59 Å². The molecule has 8 heteroatoms. The summed E-state index contributed by atoms with van der Waals surface area (Å²) in [6.07, 6.45) is 0.438. The lowest BCUT2D eigenvalue weighted by Gasteiger charge is -2.13. The second kappa shape index (κ2) is 9.43. The fraction of sp³-hybridized carbons (Fsp3) is 0.269. The Bertz CT molecular complexity index is 1410. The molecule has 0 aliphatic heterocycles. The monoisotopic (exact) mass is 460 g/mol. The van der Waals surface area contributed by atoms with E-state index >= 15 is 0 Å². The summed E-state index contributed by atoms with van der Waals surface area (Å²) in [6, 6.07) is 15.0. The summed E-state index contributed by atoms with van der Waals surface area (Å²) in [4.78, 5) is 26.0. The molecule has 0 saturated heterocycles. The van der Waals surface area contributed by atoms with Crippen molar-refractivity contribution < 1.29 is 14.3 Å². The molecular formula is C26H28N4O4. The Labute approximate surface area is 197 Å². The molecule has 8 nitrogen and oxygen atoms in total. The van der Waals surface area contributed by atoms with E-state index in [-0.39, 0.29) is 17.9 Å². The van der Waals surface area contributed by atoms with Gasteiger partial charge in [-0.25, -0.2) is 0 Å². The summed E-state index contributed by atoms with van der Waals surface area (Å²) in [6.45, 7) is 3.91. The molecule has 4 aromatic rings. The fourth-order valence-electron chi connectivity index (χ4n) is 4.04. The number of fused-ring (bicyclic) bond motifs is 1. The van der Waals surface area contributed by atoms with Gasteiger partial charge in [0.2, 0.25) is 5.91 Å². The van der Waals surface area contributed by atoms with Crippen LogP contribution >= 0.6 is 0 Å². The lowest BCUT2D eigenvalue weighted by molar-refractivity contribution is -0.116. The van der Waals surface area contributed by atoms with Crippen LogP contribution in [-0.2, 0) is 18.3 Å². The number of amides is 1. The maximum absolute atomic E-state index is 13.3. The molecule has 0 aliphatic carbocycles. The van der Waals surface area contributed by atoms with Crippen molar-refractivity contribution in [3.63, 3.8) is 0 Å². The van der Waals surface area contributed by atoms with Gasteiger partial charge >= 0.3 is 0 Å². The predicted octanol–water partition coefficient (Wildman–Crippen LogP) is 3.91. The van der Waals surface area contributed by atoms with E-state index in [2.05, 4.69) is 10.4 Å². The number of aromatic nitrogens is 3. The number of hydrogen-bond acceptors (Lipinski definition) is 5. The van der Waals surface area contributed by atoms with Gasteiger partial charge in [0.05, 0.1) is 19.9 Å². The van der Waals surface area contributed by atoms with Crippen LogP contribution in [0.2, 0.25) is 0 Å². The zero-order valence-corrected chi connectivity index (χ0v) is 20.0. The Morgan fingerprint density at radius 3 is 2.35 bits per heavy atom. The smallest absolute Gasteiger partial charge is 0.277 e. The van der Waals surface area contributed by atoms with E-state index in [0.717, 1.165) is 22.5 Å². The van der Waals surface area contributed by atoms with Crippen molar-refractivity contribution in [2.75, 3.05) is 19.5 Å². The number of methoxy groups -OCH3 is 2. The molecule has 0 unspecified atom stereocenters. The number of nitrogens with zero attached hydrogens (tertiary/aromatic N) is 3. The summed E-state index contributed by atoms with van der Waals surface area (Å²) in [5.74, 6) is 0.943. The molecule has 0 radical (unpaired) electrons. The van der Waals surface area contributed by atoms with Crippen molar-refractivity contribution in [1.29, 1.82) is 0 Å². The van der Waals surface area contributed by atoms with Crippen LogP contribution in [0.25, 0.3) is 16.9 Å². The first-order chi connectivity index (χ1) is 16.3. The van der Waals surface area contributed by atoms with E-state index < -0.39 is 0 Å². The zero-order chi connectivity index (χ0) is 24.4. The van der Waals surface area contributed by atoms with Gasteiger partial charge in [-0.1, -0.05) is 24.3 Å². The minimum absolute atomic E-state index is 0.146. The molecule has 1 N–H and O–H groups in total. The van der Waals surface area contributed by atoms with Gasteiger partial charge in [0.25, 0.3) is 5.56 Å². The standard InChI is InChI=1S/C26H28N4O4/c1-16-8-6-7-9-21(16)23-15-25-29(3)17(2)22(26(32)30(25)28-23)10-11-24(31)27-18-12-19(33-4)14-20(13-18)34-5/h6-9,12-15H,10-11H2,1-5H3,(H,27,31). The molecule has 34 heavy (non-hydrogen) atoms. The minimum atomic E-state index is -0.210. The highest BCUT2D eigenvalue weighted by molar-refractivity contribution is 5.91. The third-order valence-electron chi connectivity index (χ3n) is 6.08. The van der Waals surface area contributed by atoms with Crippen molar-refractivity contribution in [3.8, 4) is 22.8 Å². The summed E-state index contributed by atoms with van der Waals surface area (Å²) in [7, 11) is 5.00. The van der Waals surface area contributed by atoms with Crippen molar-refractivity contribution in [2.45, 2.75) is 26.7 Å². The largest absolute Gasteiger partial charge is 0.497 e. The van der Waals surface area contributed by atoms with E-state index in [1.807, 2.05) is 55.8 Å². The second-order valence-corrected chi connectivity index (χ2v) is 8.19. The van der Waals surface area contributed by atoms with Crippen molar-refractivity contribution >= 4 is 17.2 Å². The van der Waals surface area contributed by atoms with E-state index in [1.54, 1.807) is 32.4 Å². The molecule has 2 aromatic carbocycles. The first-order valence-corrected chi connectivity index (χ1v) is 11.0. The molecule has 0 fully saturated rings. The summed E-state index contributed by atoms with van der Waals surface area (Å²) < 4.78 is 13.9. The van der Waals surface area contributed by atoms with Gasteiger partial charge in [0, 0.05) is 60.2 Å². The van der Waals surface area contributed by atoms with Crippen molar-refractivity contribution in [3.05, 3.63) is 75.7 Å². The van der Waals surface area contributed by atoms with E-state index in [0.29, 0.717) is 34.8 Å². The Morgan fingerprint density at radius 2 is 1.71 bits per heavy atom. The molecule has 1 amide bonds. The van der Waals surface area contributed by atoms with Crippen LogP contribution in [0.5, 0.6) is 11.5 Å². The van der Waals surface area contributed by atoms with Crippen LogP contribution in [0.3, 0.4) is 0 Å². The molecular weight excluding hydrogens is 432 g/mol. The SMILES string of the molecule is COc1cc(NC(=O)CCc2c(C)n(C)c3cc(-c4ccccc4C)nn3c2=O)cc(OC)c1. The number of anilines is 1. The van der Waals surface area contributed by atoms with E-state index in [4.69, 9.17) is 9.47 Å². The van der Waals surface area contributed by atoms with Crippen LogP contribution in [0.4, 0.5) is 5.69 Å². The normalized spacial score (nSPS) is 11.0. The second-order valence-electron chi connectivity index (χ2n) is 8.19. The molecule has 0 saturated carbocycles. The minimum Gasteiger partial charge on any atom is -0.497 e. The van der Waals surface area contributed by atoms with Crippen LogP contribution in [0, 0.1) is 13.8 Å². The van der Waals surface area contributed by atoms with Gasteiger partial charge < -0.3 is 19.4 Å². The highest BCUT2D eigenvalue weighted by atomic mass is 16.5. The van der Waals surface area contributed by atoms with Gasteiger partial charge in [-0.05, 0) is 25.8 Å². The lowest BCUT2D eigenvalue weighted by Crippen LogP contribution is -2.26. The third-order valence-corrected chi connectivity index (χ3v) is 6.08. The maximum atomic E-state index is 13.3. The van der Waals surface area contributed by atoms with Crippen LogP contribution < -0.4 is 20.3 Å². The molecule has 2 aromatic heterocycles. The van der Waals surface area contributed by atoms with E-state index in [9.17, 15) is 9.59 Å². The topological polar surface area (TPSA) is 86.9 Å². The fourth-order valence-corrected chi connectivity index (χ4v) is 4.04. The summed E-state index contributed by atoms with van der Waals surface area (Å²) >= 11 is 0. The number of carbonyl (C=O) groups excluding carboxylic acids is 1. The third kappa shape index (κ3) is 4.39. The molecule has 0 bridgehead atoms. The van der Waals surface area contributed by atoms with Gasteiger partial charge in [0.1, 0.15) is 17.1 Å². The number of ether oxygens (including phenoxy) is 2. The quantitative estimate of drug-likeness (QED) is 0.452. The van der Waals surface area contributed by atoms with Crippen molar-refractivity contribution in [2.24, 2.45) is 7.05 Å².